The molecule has 1 aliphatic rings. The fourth-order valence-corrected chi connectivity index (χ4v) is 3.51. The Labute approximate surface area is 155 Å². The van der Waals surface area contributed by atoms with Gasteiger partial charge in [-0.15, -0.1) is 0 Å². The molecule has 0 saturated carbocycles. The normalized spacial score (nSPS) is 17.6. The maximum Gasteiger partial charge on any atom is 0.183 e. The molecule has 1 aliphatic heterocycles. The molecule has 1 atom stereocenters. The molecule has 0 unspecified atom stereocenters. The predicted molar refractivity (Wildman–Crippen MR) is 101 cm³/mol. The van der Waals surface area contributed by atoms with Crippen LogP contribution < -0.4 is 10.6 Å². The zero-order valence-corrected chi connectivity index (χ0v) is 15.2. The highest BCUT2D eigenvalue weighted by Crippen LogP contribution is 2.29. The lowest BCUT2D eigenvalue weighted by atomic mass is 10.1. The number of hydrogen-bond acceptors (Lipinski definition) is 5. The highest BCUT2D eigenvalue weighted by molar-refractivity contribution is 6.31. The van der Waals surface area contributed by atoms with E-state index in [1.807, 2.05) is 23.9 Å². The Balaban J connectivity index is 1.64. The van der Waals surface area contributed by atoms with Crippen LogP contribution in [0.2, 0.25) is 5.02 Å². The summed E-state index contributed by atoms with van der Waals surface area (Å²) in [5, 5.41) is 7.93. The summed E-state index contributed by atoms with van der Waals surface area (Å²) < 4.78 is 16.1. The first kappa shape index (κ1) is 17.2. The van der Waals surface area contributed by atoms with E-state index in [9.17, 15) is 4.39 Å². The van der Waals surface area contributed by atoms with E-state index in [1.54, 1.807) is 6.20 Å². The Morgan fingerprint density at radius 2 is 2.23 bits per heavy atom. The van der Waals surface area contributed by atoms with Gasteiger partial charge in [0.05, 0.1) is 11.2 Å². The molecular weight excluding hydrogens is 355 g/mol. The van der Waals surface area contributed by atoms with E-state index >= 15 is 0 Å². The van der Waals surface area contributed by atoms with Crippen LogP contribution in [-0.4, -0.2) is 38.7 Å². The van der Waals surface area contributed by atoms with Crippen molar-refractivity contribution in [3.8, 4) is 11.4 Å². The average Bonchev–Trinajstić information content (AvgIpc) is 2.98. The number of aryl methyl sites for hydroxylation is 1. The number of halogens is 2. The second-order valence-corrected chi connectivity index (χ2v) is 7.03. The Morgan fingerprint density at radius 3 is 3.04 bits per heavy atom. The van der Waals surface area contributed by atoms with Gasteiger partial charge in [-0.1, -0.05) is 18.0 Å². The Hall–Kier alpha value is -2.25. The third-order valence-electron chi connectivity index (χ3n) is 4.69. The monoisotopic (exact) mass is 374 g/mol. The fourth-order valence-electron chi connectivity index (χ4n) is 3.35. The van der Waals surface area contributed by atoms with Crippen molar-refractivity contribution in [2.24, 2.45) is 7.05 Å². The number of rotatable bonds is 4. The van der Waals surface area contributed by atoms with Crippen LogP contribution in [0.1, 0.15) is 19.3 Å². The van der Waals surface area contributed by atoms with Gasteiger partial charge in [-0.05, 0) is 25.5 Å². The highest BCUT2D eigenvalue weighted by atomic mass is 35.5. The van der Waals surface area contributed by atoms with Gasteiger partial charge in [0.25, 0.3) is 0 Å². The van der Waals surface area contributed by atoms with E-state index in [-0.39, 0.29) is 5.82 Å². The molecule has 4 rings (SSSR count). The van der Waals surface area contributed by atoms with Crippen LogP contribution in [0.15, 0.2) is 24.7 Å². The lowest BCUT2D eigenvalue weighted by Crippen LogP contribution is -2.39. The molecule has 4 heterocycles. The summed E-state index contributed by atoms with van der Waals surface area (Å²) >= 11 is 6.09. The maximum absolute atomic E-state index is 14.2. The van der Waals surface area contributed by atoms with Gasteiger partial charge >= 0.3 is 0 Å². The Morgan fingerprint density at radius 1 is 1.35 bits per heavy atom. The Kier molecular flexibility index (Phi) is 4.74. The summed E-state index contributed by atoms with van der Waals surface area (Å²) in [5.41, 5.74) is 1.55. The van der Waals surface area contributed by atoms with Crippen molar-refractivity contribution in [1.29, 1.82) is 0 Å². The number of nitrogens with zero attached hydrogens (tertiary/aromatic N) is 4. The van der Waals surface area contributed by atoms with Crippen LogP contribution in [-0.2, 0) is 7.05 Å². The molecule has 0 aliphatic carbocycles. The molecule has 0 amide bonds. The summed E-state index contributed by atoms with van der Waals surface area (Å²) in [6.07, 6.45) is 8.16. The summed E-state index contributed by atoms with van der Waals surface area (Å²) in [6.45, 7) is 1.64. The van der Waals surface area contributed by atoms with E-state index in [4.69, 9.17) is 11.6 Å². The summed E-state index contributed by atoms with van der Waals surface area (Å²) in [7, 11) is 1.89. The lowest BCUT2D eigenvalue weighted by molar-refractivity contribution is 0.413. The molecule has 26 heavy (non-hydrogen) atoms. The number of fused-ring (bicyclic) bond motifs is 1. The topological polar surface area (TPSA) is 67.7 Å². The zero-order valence-electron chi connectivity index (χ0n) is 14.5. The van der Waals surface area contributed by atoms with Crippen LogP contribution in [0.3, 0.4) is 0 Å². The summed E-state index contributed by atoms with van der Waals surface area (Å²) in [6, 6.07) is 2.16. The van der Waals surface area contributed by atoms with Crippen LogP contribution in [0, 0.1) is 5.82 Å². The number of hydrogen-bond donors (Lipinski definition) is 2. The van der Waals surface area contributed by atoms with Gasteiger partial charge in [0, 0.05) is 43.0 Å². The minimum Gasteiger partial charge on any atom is -0.366 e. The molecule has 3 aromatic heterocycles. The smallest absolute Gasteiger partial charge is 0.183 e. The van der Waals surface area contributed by atoms with E-state index in [1.165, 1.54) is 19.0 Å². The van der Waals surface area contributed by atoms with Gasteiger partial charge in [0.15, 0.2) is 17.5 Å². The zero-order chi connectivity index (χ0) is 18.1. The first-order chi connectivity index (χ1) is 12.6. The van der Waals surface area contributed by atoms with Crippen molar-refractivity contribution in [2.75, 3.05) is 18.4 Å². The van der Waals surface area contributed by atoms with Gasteiger partial charge in [-0.2, -0.15) is 0 Å². The van der Waals surface area contributed by atoms with Gasteiger partial charge < -0.3 is 15.2 Å². The Bertz CT molecular complexity index is 935. The van der Waals surface area contributed by atoms with Crippen LogP contribution in [0.25, 0.3) is 22.4 Å². The molecule has 136 valence electrons. The van der Waals surface area contributed by atoms with Crippen molar-refractivity contribution in [3.63, 3.8) is 0 Å². The van der Waals surface area contributed by atoms with Crippen molar-refractivity contribution < 1.29 is 4.39 Å². The SMILES string of the molecule is Cn1cc(-c2ncc(F)c(NC[C@H]3CCCCN3)n2)c2cc(Cl)cnc21. The molecule has 2 N–H and O–H groups in total. The van der Waals surface area contributed by atoms with Crippen LogP contribution in [0.5, 0.6) is 0 Å². The van der Waals surface area contributed by atoms with Gasteiger partial charge in [-0.25, -0.2) is 19.3 Å². The lowest BCUT2D eigenvalue weighted by Gasteiger charge is -2.23. The number of nitrogens with one attached hydrogen (secondary N) is 2. The van der Waals surface area contributed by atoms with Crippen LogP contribution in [0.4, 0.5) is 10.2 Å². The van der Waals surface area contributed by atoms with Crippen molar-refractivity contribution in [1.82, 2.24) is 24.8 Å². The third kappa shape index (κ3) is 3.37. The van der Waals surface area contributed by atoms with Gasteiger partial charge in [0.1, 0.15) is 5.65 Å². The molecule has 8 heteroatoms. The molecule has 0 spiro atoms. The molecule has 0 aromatic carbocycles. The number of anilines is 1. The number of pyridine rings is 1. The third-order valence-corrected chi connectivity index (χ3v) is 4.90. The molecule has 6 nitrogen and oxygen atoms in total. The molecule has 1 fully saturated rings. The standard InChI is InChI=1S/C18H20ClFN6/c1-26-10-14(13-6-11(19)7-24-18(13)26)16-23-9-15(20)17(25-16)22-8-12-4-2-3-5-21-12/h6-7,9-10,12,21H,2-5,8H2,1H3,(H,22,23,25)/t12-/m1/s1. The first-order valence-electron chi connectivity index (χ1n) is 8.72. The molecule has 3 aromatic rings. The van der Waals surface area contributed by atoms with Crippen LogP contribution >= 0.6 is 11.6 Å². The van der Waals surface area contributed by atoms with Crippen molar-refractivity contribution in [3.05, 3.63) is 35.5 Å². The molecular formula is C18H20ClFN6. The maximum atomic E-state index is 14.2. The molecule has 1 saturated heterocycles. The largest absolute Gasteiger partial charge is 0.366 e. The second kappa shape index (κ2) is 7.17. The fraction of sp³-hybridized carbons (Fsp3) is 0.389. The number of aromatic nitrogens is 4. The highest BCUT2D eigenvalue weighted by Gasteiger charge is 2.17. The predicted octanol–water partition coefficient (Wildman–Crippen LogP) is 3.38. The van der Waals surface area contributed by atoms with Crippen molar-refractivity contribution >= 4 is 28.5 Å². The minimum atomic E-state index is -0.457. The molecule has 0 bridgehead atoms. The summed E-state index contributed by atoms with van der Waals surface area (Å²) in [4.78, 5) is 12.9. The van der Waals surface area contributed by atoms with E-state index in [0.717, 1.165) is 29.6 Å². The quantitative estimate of drug-likeness (QED) is 0.732. The van der Waals surface area contributed by atoms with Gasteiger partial charge in [-0.3, -0.25) is 0 Å². The first-order valence-corrected chi connectivity index (χ1v) is 9.10. The van der Waals surface area contributed by atoms with E-state index in [0.29, 0.717) is 23.4 Å². The second-order valence-electron chi connectivity index (χ2n) is 6.60. The van der Waals surface area contributed by atoms with E-state index in [2.05, 4.69) is 25.6 Å². The van der Waals surface area contributed by atoms with Crippen molar-refractivity contribution in [2.45, 2.75) is 25.3 Å². The average molecular weight is 375 g/mol. The number of piperidine rings is 1. The van der Waals surface area contributed by atoms with E-state index < -0.39 is 5.82 Å². The van der Waals surface area contributed by atoms with Gasteiger partial charge in [0.2, 0.25) is 0 Å². The molecule has 0 radical (unpaired) electrons. The summed E-state index contributed by atoms with van der Waals surface area (Å²) in [5.74, 6) is 0.204. The minimum absolute atomic E-state index is 0.217.